The Kier molecular flexibility index (Phi) is 7.93. The van der Waals surface area contributed by atoms with Crippen LogP contribution >= 0.6 is 0 Å². The molecule has 2 saturated heterocycles. The van der Waals surface area contributed by atoms with Gasteiger partial charge >= 0.3 is 0 Å². The Morgan fingerprint density at radius 1 is 0.853 bits per heavy atom. The van der Waals surface area contributed by atoms with Gasteiger partial charge in [-0.2, -0.15) is 0 Å². The minimum Gasteiger partial charge on any atom is -0.342 e. The van der Waals surface area contributed by atoms with E-state index in [9.17, 15) is 18.8 Å². The van der Waals surface area contributed by atoms with E-state index in [0.717, 1.165) is 24.8 Å². The van der Waals surface area contributed by atoms with Crippen LogP contribution < -0.4 is 5.32 Å². The molecule has 0 spiro atoms. The Labute approximate surface area is 200 Å². The maximum absolute atomic E-state index is 13.4. The molecule has 1 unspecified atom stereocenters. The second-order valence-corrected chi connectivity index (χ2v) is 9.22. The molecule has 0 bridgehead atoms. The third kappa shape index (κ3) is 6.01. The lowest BCUT2D eigenvalue weighted by molar-refractivity contribution is -0.136. The van der Waals surface area contributed by atoms with Crippen LogP contribution in [0.2, 0.25) is 0 Å². The fraction of sp³-hybridized carbons (Fsp3) is 0.444. The summed E-state index contributed by atoms with van der Waals surface area (Å²) in [5, 5.41) is 2.95. The number of benzene rings is 2. The Balaban J connectivity index is 1.42. The van der Waals surface area contributed by atoms with E-state index < -0.39 is 11.9 Å². The highest BCUT2D eigenvalue weighted by Crippen LogP contribution is 2.24. The maximum Gasteiger partial charge on any atom is 0.251 e. The summed E-state index contributed by atoms with van der Waals surface area (Å²) in [7, 11) is 0. The van der Waals surface area contributed by atoms with E-state index in [1.807, 2.05) is 40.1 Å². The summed E-state index contributed by atoms with van der Waals surface area (Å²) >= 11 is 0. The van der Waals surface area contributed by atoms with Crippen LogP contribution in [-0.4, -0.2) is 59.7 Å². The highest BCUT2D eigenvalue weighted by molar-refractivity contribution is 5.97. The largest absolute Gasteiger partial charge is 0.342 e. The summed E-state index contributed by atoms with van der Waals surface area (Å²) < 4.78 is 13.3. The number of hydrogen-bond acceptors (Lipinski definition) is 3. The van der Waals surface area contributed by atoms with Crippen LogP contribution in [0.3, 0.4) is 0 Å². The van der Waals surface area contributed by atoms with Gasteiger partial charge in [0.15, 0.2) is 0 Å². The molecule has 1 N–H and O–H groups in total. The first kappa shape index (κ1) is 23.9. The summed E-state index contributed by atoms with van der Waals surface area (Å²) in [5.41, 5.74) is 1.31. The van der Waals surface area contributed by atoms with Crippen LogP contribution in [-0.2, 0) is 16.0 Å². The molecule has 2 aliphatic rings. The molecule has 2 heterocycles. The lowest BCUT2D eigenvalue weighted by atomic mass is 9.87. The van der Waals surface area contributed by atoms with Gasteiger partial charge in [0, 0.05) is 31.7 Å². The highest BCUT2D eigenvalue weighted by Gasteiger charge is 2.36. The average Bonchev–Trinajstić information content (AvgIpc) is 2.88. The Morgan fingerprint density at radius 3 is 2.15 bits per heavy atom. The first-order valence-corrected chi connectivity index (χ1v) is 12.2. The molecule has 4 rings (SSSR count). The zero-order valence-corrected chi connectivity index (χ0v) is 19.4. The van der Waals surface area contributed by atoms with E-state index in [-0.39, 0.29) is 23.6 Å². The van der Waals surface area contributed by atoms with Gasteiger partial charge in [0.05, 0.1) is 6.42 Å². The summed E-state index contributed by atoms with van der Waals surface area (Å²) in [4.78, 5) is 42.8. The van der Waals surface area contributed by atoms with Gasteiger partial charge in [-0.3, -0.25) is 14.4 Å². The molecule has 6 nitrogen and oxygen atoms in total. The fourth-order valence-corrected chi connectivity index (χ4v) is 4.88. The number of likely N-dealkylation sites (tertiary alicyclic amines) is 2. The second kappa shape index (κ2) is 11.3. The molecule has 0 aromatic heterocycles. The first-order chi connectivity index (χ1) is 16.5. The van der Waals surface area contributed by atoms with Crippen LogP contribution in [0.25, 0.3) is 0 Å². The zero-order valence-electron chi connectivity index (χ0n) is 19.4. The van der Waals surface area contributed by atoms with Gasteiger partial charge < -0.3 is 15.1 Å². The van der Waals surface area contributed by atoms with Crippen molar-refractivity contribution in [1.82, 2.24) is 15.1 Å². The molecule has 0 radical (unpaired) electrons. The van der Waals surface area contributed by atoms with E-state index >= 15 is 0 Å². The van der Waals surface area contributed by atoms with E-state index in [1.54, 1.807) is 0 Å². The van der Waals surface area contributed by atoms with Gasteiger partial charge in [-0.15, -0.1) is 0 Å². The number of halogens is 1. The van der Waals surface area contributed by atoms with Crippen LogP contribution in [0.4, 0.5) is 4.39 Å². The van der Waals surface area contributed by atoms with Crippen molar-refractivity contribution in [2.24, 2.45) is 5.92 Å². The molecule has 180 valence electrons. The summed E-state index contributed by atoms with van der Waals surface area (Å²) in [6.07, 6.45) is 4.71. The van der Waals surface area contributed by atoms with Gasteiger partial charge in [-0.1, -0.05) is 30.3 Å². The molecular formula is C27H32FN3O3. The monoisotopic (exact) mass is 465 g/mol. The number of nitrogens with zero attached hydrogens (tertiary/aromatic N) is 2. The smallest absolute Gasteiger partial charge is 0.251 e. The first-order valence-electron chi connectivity index (χ1n) is 12.2. The zero-order chi connectivity index (χ0) is 23.9. The topological polar surface area (TPSA) is 69.7 Å². The number of carbonyl (C=O) groups is 3. The molecule has 2 fully saturated rings. The predicted molar refractivity (Wildman–Crippen MR) is 128 cm³/mol. The fourth-order valence-electron chi connectivity index (χ4n) is 4.88. The highest BCUT2D eigenvalue weighted by atomic mass is 19.1. The number of carbonyl (C=O) groups excluding carboxylic acids is 3. The molecule has 2 aromatic carbocycles. The third-order valence-electron chi connectivity index (χ3n) is 6.89. The van der Waals surface area contributed by atoms with Crippen molar-refractivity contribution < 1.29 is 18.8 Å². The van der Waals surface area contributed by atoms with Gasteiger partial charge in [0.25, 0.3) is 5.91 Å². The quantitative estimate of drug-likeness (QED) is 0.711. The molecule has 2 aliphatic heterocycles. The van der Waals surface area contributed by atoms with Crippen molar-refractivity contribution in [3.05, 3.63) is 71.5 Å². The van der Waals surface area contributed by atoms with Crippen molar-refractivity contribution in [2.45, 2.75) is 44.6 Å². The van der Waals surface area contributed by atoms with Crippen molar-refractivity contribution in [3.63, 3.8) is 0 Å². The summed E-state index contributed by atoms with van der Waals surface area (Å²) in [5.74, 6) is -0.814. The number of piperidine rings is 2. The Hall–Kier alpha value is -3.22. The summed E-state index contributed by atoms with van der Waals surface area (Å²) in [6.45, 7) is 2.53. The van der Waals surface area contributed by atoms with Crippen molar-refractivity contribution in [3.8, 4) is 0 Å². The maximum atomic E-state index is 13.4. The normalized spacial score (nSPS) is 17.8. The minimum absolute atomic E-state index is 0.0516. The standard InChI is InChI=1S/C27H32FN3O3/c28-23-11-9-22(10-12-23)26(33)29-25(27(34)31-15-5-2-6-16-31)21-13-17-30(18-14-21)24(32)19-20-7-3-1-4-8-20/h1,3-4,7-12,21,25H,2,5-6,13-19H2,(H,29,33). The average molecular weight is 466 g/mol. The minimum atomic E-state index is -0.651. The Morgan fingerprint density at radius 2 is 1.50 bits per heavy atom. The van der Waals surface area contributed by atoms with Crippen LogP contribution in [0.1, 0.15) is 48.0 Å². The van der Waals surface area contributed by atoms with E-state index in [2.05, 4.69) is 5.32 Å². The predicted octanol–water partition coefficient (Wildman–Crippen LogP) is 3.42. The van der Waals surface area contributed by atoms with Crippen molar-refractivity contribution >= 4 is 17.7 Å². The van der Waals surface area contributed by atoms with E-state index in [4.69, 9.17) is 0 Å². The molecule has 0 aliphatic carbocycles. The Bertz CT molecular complexity index is 982. The van der Waals surface area contributed by atoms with E-state index in [0.29, 0.717) is 51.0 Å². The van der Waals surface area contributed by atoms with Crippen LogP contribution in [0.15, 0.2) is 54.6 Å². The molecule has 34 heavy (non-hydrogen) atoms. The lowest BCUT2D eigenvalue weighted by Crippen LogP contribution is -2.55. The number of amides is 3. The van der Waals surface area contributed by atoms with Crippen molar-refractivity contribution in [1.29, 1.82) is 0 Å². The molecular weight excluding hydrogens is 433 g/mol. The van der Waals surface area contributed by atoms with Crippen LogP contribution in [0.5, 0.6) is 0 Å². The molecule has 7 heteroatoms. The SMILES string of the molecule is O=C(NC(C(=O)N1CCCCC1)C1CCN(C(=O)Cc2ccccc2)CC1)c1ccc(F)cc1. The molecule has 2 aromatic rings. The second-order valence-electron chi connectivity index (χ2n) is 9.22. The van der Waals surface area contributed by atoms with Crippen molar-refractivity contribution in [2.75, 3.05) is 26.2 Å². The van der Waals surface area contributed by atoms with Gasteiger partial charge in [0.1, 0.15) is 11.9 Å². The van der Waals surface area contributed by atoms with Gasteiger partial charge in [-0.25, -0.2) is 4.39 Å². The third-order valence-corrected chi connectivity index (χ3v) is 6.89. The lowest BCUT2D eigenvalue weighted by Gasteiger charge is -2.38. The van der Waals surface area contributed by atoms with Crippen LogP contribution in [0, 0.1) is 11.7 Å². The summed E-state index contributed by atoms with van der Waals surface area (Å²) in [6, 6.07) is 14.4. The molecule has 3 amide bonds. The van der Waals surface area contributed by atoms with E-state index in [1.165, 1.54) is 24.3 Å². The number of rotatable bonds is 6. The number of nitrogens with one attached hydrogen (secondary N) is 1. The molecule has 1 atom stereocenters. The van der Waals surface area contributed by atoms with Gasteiger partial charge in [0.2, 0.25) is 11.8 Å². The van der Waals surface area contributed by atoms with Gasteiger partial charge in [-0.05, 0) is 67.9 Å². The number of hydrogen-bond donors (Lipinski definition) is 1. The molecule has 0 saturated carbocycles.